The standard InChI is InChI=1S/C22H18N2O5S2/c1-12-18(21(27)28-3)19(16-9-6-10-30-16)24-20(26)17(31-22(24)23-12)11-14-7-4-5-8-15(14)29-13(2)25/h4-11,19H,1-3H3/b17-11-/t19-/m0/s1. The Hall–Kier alpha value is -3.30. The molecular formula is C22H18N2O5S2. The Labute approximate surface area is 185 Å². The molecule has 1 aliphatic rings. The Balaban J connectivity index is 1.94. The molecule has 0 bridgehead atoms. The first kappa shape index (κ1) is 21.0. The molecule has 7 nitrogen and oxygen atoms in total. The number of para-hydroxylation sites is 1. The van der Waals surface area contributed by atoms with Gasteiger partial charge in [-0.05, 0) is 30.5 Å². The summed E-state index contributed by atoms with van der Waals surface area (Å²) in [5.41, 5.74) is 1.16. The van der Waals surface area contributed by atoms with E-state index in [1.54, 1.807) is 37.3 Å². The molecule has 0 aliphatic carbocycles. The number of ether oxygens (including phenoxy) is 2. The van der Waals surface area contributed by atoms with Crippen molar-refractivity contribution in [3.8, 4) is 5.75 Å². The van der Waals surface area contributed by atoms with Crippen LogP contribution in [0.1, 0.15) is 30.3 Å². The molecular weight excluding hydrogens is 436 g/mol. The molecule has 1 atom stereocenters. The lowest BCUT2D eigenvalue weighted by Crippen LogP contribution is -2.39. The van der Waals surface area contributed by atoms with Crippen molar-refractivity contribution in [3.05, 3.63) is 83.2 Å². The van der Waals surface area contributed by atoms with Crippen molar-refractivity contribution in [2.45, 2.75) is 19.9 Å². The Bertz CT molecular complexity index is 1380. The van der Waals surface area contributed by atoms with Gasteiger partial charge in [0.1, 0.15) is 11.8 Å². The molecule has 158 valence electrons. The van der Waals surface area contributed by atoms with Crippen molar-refractivity contribution in [2.75, 3.05) is 7.11 Å². The SMILES string of the molecule is COC(=O)C1=C(C)N=c2s/c(=C\c3ccccc3OC(C)=O)c(=O)n2[C@H]1c1cccs1. The smallest absolute Gasteiger partial charge is 0.338 e. The fourth-order valence-electron chi connectivity index (χ4n) is 3.40. The summed E-state index contributed by atoms with van der Waals surface area (Å²) < 4.78 is 12.2. The third kappa shape index (κ3) is 3.89. The van der Waals surface area contributed by atoms with Crippen LogP contribution in [0.2, 0.25) is 0 Å². The lowest BCUT2D eigenvalue weighted by Gasteiger charge is -2.22. The maximum atomic E-state index is 13.4. The Kier molecular flexibility index (Phi) is 5.71. The highest BCUT2D eigenvalue weighted by Gasteiger charge is 2.33. The summed E-state index contributed by atoms with van der Waals surface area (Å²) in [6.45, 7) is 3.06. The number of carbonyl (C=O) groups excluding carboxylic acids is 2. The highest BCUT2D eigenvalue weighted by atomic mass is 32.1. The van der Waals surface area contributed by atoms with Crippen molar-refractivity contribution in [3.63, 3.8) is 0 Å². The summed E-state index contributed by atoms with van der Waals surface area (Å²) in [4.78, 5) is 43.2. The third-order valence-corrected chi connectivity index (χ3v) is 6.61. The van der Waals surface area contributed by atoms with Gasteiger partial charge in [-0.15, -0.1) is 11.3 Å². The number of aromatic nitrogens is 1. The van der Waals surface area contributed by atoms with Crippen LogP contribution in [0, 0.1) is 0 Å². The number of hydrogen-bond acceptors (Lipinski definition) is 8. The maximum absolute atomic E-state index is 13.4. The van der Waals surface area contributed by atoms with E-state index in [1.165, 1.54) is 41.3 Å². The highest BCUT2D eigenvalue weighted by Crippen LogP contribution is 2.33. The summed E-state index contributed by atoms with van der Waals surface area (Å²) in [6, 6.07) is 10.1. The molecule has 0 saturated carbocycles. The fraction of sp³-hybridized carbons (Fsp3) is 0.182. The molecule has 0 unspecified atom stereocenters. The highest BCUT2D eigenvalue weighted by molar-refractivity contribution is 7.10. The summed E-state index contributed by atoms with van der Waals surface area (Å²) in [5, 5.41) is 1.89. The van der Waals surface area contributed by atoms with Crippen LogP contribution in [0.4, 0.5) is 0 Å². The first-order valence-corrected chi connectivity index (χ1v) is 11.0. The molecule has 2 aromatic heterocycles. The number of rotatable bonds is 4. The molecule has 3 aromatic rings. The van der Waals surface area contributed by atoms with Gasteiger partial charge in [0.15, 0.2) is 4.80 Å². The number of thiazole rings is 1. The number of allylic oxidation sites excluding steroid dienone is 1. The number of methoxy groups -OCH3 is 1. The molecule has 31 heavy (non-hydrogen) atoms. The topological polar surface area (TPSA) is 87.0 Å². The first-order chi connectivity index (χ1) is 14.9. The fourth-order valence-corrected chi connectivity index (χ4v) is 5.26. The second-order valence-corrected chi connectivity index (χ2v) is 8.71. The van der Waals surface area contributed by atoms with Gasteiger partial charge in [0.25, 0.3) is 5.56 Å². The predicted octanol–water partition coefficient (Wildman–Crippen LogP) is 2.40. The third-order valence-electron chi connectivity index (χ3n) is 4.70. The van der Waals surface area contributed by atoms with Gasteiger partial charge in [0, 0.05) is 17.4 Å². The molecule has 1 aliphatic heterocycles. The summed E-state index contributed by atoms with van der Waals surface area (Å²) in [6.07, 6.45) is 1.67. The molecule has 0 fully saturated rings. The number of carbonyl (C=O) groups is 2. The van der Waals surface area contributed by atoms with E-state index in [-0.39, 0.29) is 5.56 Å². The molecule has 3 heterocycles. The van der Waals surface area contributed by atoms with Crippen LogP contribution >= 0.6 is 22.7 Å². The molecule has 0 N–H and O–H groups in total. The van der Waals surface area contributed by atoms with E-state index in [0.717, 1.165) is 4.88 Å². The summed E-state index contributed by atoms with van der Waals surface area (Å²) >= 11 is 2.67. The largest absolute Gasteiger partial charge is 0.466 e. The quantitative estimate of drug-likeness (QED) is 0.446. The van der Waals surface area contributed by atoms with Gasteiger partial charge in [0.05, 0.1) is 22.9 Å². The summed E-state index contributed by atoms with van der Waals surface area (Å²) in [7, 11) is 1.31. The minimum Gasteiger partial charge on any atom is -0.466 e. The second-order valence-electron chi connectivity index (χ2n) is 6.72. The normalized spacial score (nSPS) is 16.0. The van der Waals surface area contributed by atoms with Crippen molar-refractivity contribution in [1.82, 2.24) is 4.57 Å². The molecule has 0 saturated heterocycles. The van der Waals surface area contributed by atoms with Gasteiger partial charge >= 0.3 is 11.9 Å². The minimum absolute atomic E-state index is 0.284. The monoisotopic (exact) mass is 454 g/mol. The van der Waals surface area contributed by atoms with Crippen LogP contribution in [-0.4, -0.2) is 23.6 Å². The van der Waals surface area contributed by atoms with E-state index >= 15 is 0 Å². The van der Waals surface area contributed by atoms with Gasteiger partial charge in [-0.3, -0.25) is 14.2 Å². The van der Waals surface area contributed by atoms with Crippen LogP contribution in [0.15, 0.2) is 62.8 Å². The van der Waals surface area contributed by atoms with Crippen molar-refractivity contribution >= 4 is 40.7 Å². The lowest BCUT2D eigenvalue weighted by molar-refractivity contribution is -0.136. The zero-order valence-electron chi connectivity index (χ0n) is 16.9. The predicted molar refractivity (Wildman–Crippen MR) is 118 cm³/mol. The van der Waals surface area contributed by atoms with Gasteiger partial charge in [-0.2, -0.15) is 0 Å². The van der Waals surface area contributed by atoms with E-state index in [0.29, 0.717) is 31.9 Å². The van der Waals surface area contributed by atoms with Gasteiger partial charge in [-0.1, -0.05) is 35.6 Å². The number of thiophene rings is 1. The van der Waals surface area contributed by atoms with Gasteiger partial charge < -0.3 is 9.47 Å². The van der Waals surface area contributed by atoms with Crippen LogP contribution in [0.3, 0.4) is 0 Å². The molecule has 0 radical (unpaired) electrons. The molecule has 1 aromatic carbocycles. The number of benzene rings is 1. The minimum atomic E-state index is -0.616. The number of esters is 2. The summed E-state index contributed by atoms with van der Waals surface area (Å²) in [5.74, 6) is -0.602. The van der Waals surface area contributed by atoms with Crippen molar-refractivity contribution in [1.29, 1.82) is 0 Å². The van der Waals surface area contributed by atoms with Crippen LogP contribution < -0.4 is 19.6 Å². The molecule has 4 rings (SSSR count). The Morgan fingerprint density at radius 3 is 2.65 bits per heavy atom. The van der Waals surface area contributed by atoms with Crippen LogP contribution in [-0.2, 0) is 14.3 Å². The average molecular weight is 455 g/mol. The molecule has 9 heteroatoms. The number of nitrogens with zero attached hydrogens (tertiary/aromatic N) is 2. The lowest BCUT2D eigenvalue weighted by atomic mass is 10.0. The second kappa shape index (κ2) is 8.44. The van der Waals surface area contributed by atoms with Crippen molar-refractivity contribution in [2.24, 2.45) is 4.99 Å². The van der Waals surface area contributed by atoms with Crippen LogP contribution in [0.25, 0.3) is 6.08 Å². The van der Waals surface area contributed by atoms with E-state index in [1.807, 2.05) is 17.5 Å². The van der Waals surface area contributed by atoms with Gasteiger partial charge in [0.2, 0.25) is 0 Å². The average Bonchev–Trinajstić information content (AvgIpc) is 3.36. The van der Waals surface area contributed by atoms with E-state index in [9.17, 15) is 14.4 Å². The van der Waals surface area contributed by atoms with E-state index in [2.05, 4.69) is 4.99 Å². The molecule has 0 amide bonds. The zero-order chi connectivity index (χ0) is 22.1. The first-order valence-electron chi connectivity index (χ1n) is 9.32. The Morgan fingerprint density at radius 2 is 1.97 bits per heavy atom. The van der Waals surface area contributed by atoms with Crippen LogP contribution in [0.5, 0.6) is 5.75 Å². The van der Waals surface area contributed by atoms with E-state index in [4.69, 9.17) is 9.47 Å². The van der Waals surface area contributed by atoms with Crippen molar-refractivity contribution < 1.29 is 19.1 Å². The maximum Gasteiger partial charge on any atom is 0.338 e. The van der Waals surface area contributed by atoms with E-state index < -0.39 is 18.0 Å². The molecule has 0 spiro atoms. The van der Waals surface area contributed by atoms with Gasteiger partial charge in [-0.25, -0.2) is 9.79 Å². The number of hydrogen-bond donors (Lipinski definition) is 0. The number of fused-ring (bicyclic) bond motifs is 1. The zero-order valence-corrected chi connectivity index (χ0v) is 18.6. The Morgan fingerprint density at radius 1 is 1.19 bits per heavy atom.